The van der Waals surface area contributed by atoms with E-state index < -0.39 is 0 Å². The Kier molecular flexibility index (Phi) is 4.34. The number of benzene rings is 1. The summed E-state index contributed by atoms with van der Waals surface area (Å²) in [5.74, 6) is 0.757. The Morgan fingerprint density at radius 3 is 2.70 bits per heavy atom. The van der Waals surface area contributed by atoms with E-state index in [1.165, 1.54) is 0 Å². The van der Waals surface area contributed by atoms with Gasteiger partial charge in [0.25, 0.3) is 5.91 Å². The smallest absolute Gasteiger partial charge is 0.274 e. The molecule has 0 saturated carbocycles. The van der Waals surface area contributed by atoms with Crippen molar-refractivity contribution in [3.05, 3.63) is 42.2 Å². The van der Waals surface area contributed by atoms with Gasteiger partial charge < -0.3 is 15.4 Å². The maximum Gasteiger partial charge on any atom is 0.274 e. The van der Waals surface area contributed by atoms with Gasteiger partial charge in [0.2, 0.25) is 0 Å². The molecule has 2 atom stereocenters. The Balaban J connectivity index is 1.76. The molecule has 1 amide bonds. The molecule has 2 heterocycles. The highest BCUT2D eigenvalue weighted by Gasteiger charge is 2.28. The summed E-state index contributed by atoms with van der Waals surface area (Å²) in [4.78, 5) is 14.5. The third-order valence-electron chi connectivity index (χ3n) is 4.32. The maximum absolute atomic E-state index is 12.7. The summed E-state index contributed by atoms with van der Waals surface area (Å²) < 4.78 is 6.85. The van der Waals surface area contributed by atoms with Gasteiger partial charge in [-0.1, -0.05) is 0 Å². The number of methoxy groups -OCH3 is 1. The molecular formula is C17H22N4O2. The van der Waals surface area contributed by atoms with Crippen LogP contribution in [0.4, 0.5) is 0 Å². The minimum Gasteiger partial charge on any atom is -0.497 e. The van der Waals surface area contributed by atoms with Crippen LogP contribution < -0.4 is 10.5 Å². The number of likely N-dealkylation sites (tertiary alicyclic amines) is 1. The van der Waals surface area contributed by atoms with Crippen LogP contribution in [0.15, 0.2) is 36.5 Å². The van der Waals surface area contributed by atoms with E-state index in [0.29, 0.717) is 12.2 Å². The molecule has 0 bridgehead atoms. The van der Waals surface area contributed by atoms with Crippen molar-refractivity contribution >= 4 is 5.91 Å². The zero-order chi connectivity index (χ0) is 16.4. The van der Waals surface area contributed by atoms with Crippen molar-refractivity contribution in [3.8, 4) is 11.4 Å². The van der Waals surface area contributed by atoms with Crippen molar-refractivity contribution < 1.29 is 9.53 Å². The van der Waals surface area contributed by atoms with Crippen molar-refractivity contribution in [1.29, 1.82) is 0 Å². The first-order valence-electron chi connectivity index (χ1n) is 7.85. The Bertz CT molecular complexity index is 680. The fourth-order valence-electron chi connectivity index (χ4n) is 2.97. The summed E-state index contributed by atoms with van der Waals surface area (Å²) in [6.45, 7) is 2.73. The molecule has 1 fully saturated rings. The molecule has 3 rings (SSSR count). The number of rotatable bonds is 3. The molecule has 1 saturated heterocycles. The molecule has 1 aliphatic rings. The van der Waals surface area contributed by atoms with Crippen molar-refractivity contribution in [1.82, 2.24) is 14.7 Å². The van der Waals surface area contributed by atoms with Crippen LogP contribution in [0.5, 0.6) is 5.75 Å². The molecule has 0 aliphatic carbocycles. The van der Waals surface area contributed by atoms with Crippen LogP contribution in [0, 0.1) is 0 Å². The van der Waals surface area contributed by atoms with Gasteiger partial charge in [-0.05, 0) is 50.1 Å². The van der Waals surface area contributed by atoms with Crippen molar-refractivity contribution in [2.24, 2.45) is 5.73 Å². The molecule has 1 aromatic carbocycles. The van der Waals surface area contributed by atoms with E-state index in [4.69, 9.17) is 10.5 Å². The van der Waals surface area contributed by atoms with Gasteiger partial charge in [0.05, 0.1) is 12.8 Å². The predicted molar refractivity (Wildman–Crippen MR) is 87.8 cm³/mol. The van der Waals surface area contributed by atoms with Gasteiger partial charge in [-0.15, -0.1) is 0 Å². The molecule has 1 aliphatic heterocycles. The van der Waals surface area contributed by atoms with Gasteiger partial charge in [-0.25, -0.2) is 4.68 Å². The third-order valence-corrected chi connectivity index (χ3v) is 4.32. The summed E-state index contributed by atoms with van der Waals surface area (Å²) in [6.07, 6.45) is 3.48. The van der Waals surface area contributed by atoms with Crippen molar-refractivity contribution in [3.63, 3.8) is 0 Å². The van der Waals surface area contributed by atoms with Gasteiger partial charge in [0, 0.05) is 24.8 Å². The summed E-state index contributed by atoms with van der Waals surface area (Å²) in [6, 6.07) is 9.64. The lowest BCUT2D eigenvalue weighted by atomic mass is 9.99. The van der Waals surface area contributed by atoms with Gasteiger partial charge in [0.15, 0.2) is 5.69 Å². The van der Waals surface area contributed by atoms with E-state index >= 15 is 0 Å². The zero-order valence-corrected chi connectivity index (χ0v) is 13.5. The fourth-order valence-corrected chi connectivity index (χ4v) is 2.97. The molecule has 122 valence electrons. The molecule has 1 aromatic heterocycles. The topological polar surface area (TPSA) is 73.4 Å². The average molecular weight is 314 g/mol. The largest absolute Gasteiger partial charge is 0.497 e. The first kappa shape index (κ1) is 15.6. The lowest BCUT2D eigenvalue weighted by Crippen LogP contribution is -2.48. The van der Waals surface area contributed by atoms with Gasteiger partial charge in [-0.3, -0.25) is 4.79 Å². The fraction of sp³-hybridized carbons (Fsp3) is 0.412. The molecule has 2 N–H and O–H groups in total. The van der Waals surface area contributed by atoms with E-state index in [9.17, 15) is 4.79 Å². The summed E-state index contributed by atoms with van der Waals surface area (Å²) in [5.41, 5.74) is 7.31. The molecule has 0 spiro atoms. The van der Waals surface area contributed by atoms with Gasteiger partial charge in [-0.2, -0.15) is 5.10 Å². The number of nitrogens with zero attached hydrogens (tertiary/aromatic N) is 3. The molecule has 23 heavy (non-hydrogen) atoms. The van der Waals surface area contributed by atoms with E-state index in [1.807, 2.05) is 36.1 Å². The normalized spacial score (nSPS) is 21.3. The number of aromatic nitrogens is 2. The van der Waals surface area contributed by atoms with Crippen LogP contribution in [0.1, 0.15) is 30.3 Å². The second-order valence-corrected chi connectivity index (χ2v) is 5.98. The van der Waals surface area contributed by atoms with Crippen LogP contribution in [0.2, 0.25) is 0 Å². The first-order chi connectivity index (χ1) is 11.1. The van der Waals surface area contributed by atoms with Crippen LogP contribution in [0.3, 0.4) is 0 Å². The van der Waals surface area contributed by atoms with E-state index in [1.54, 1.807) is 24.1 Å². The molecule has 2 aromatic rings. The molecule has 0 unspecified atom stereocenters. The predicted octanol–water partition coefficient (Wildman–Crippen LogP) is 1.83. The lowest BCUT2D eigenvalue weighted by molar-refractivity contribution is 0.0612. The number of piperidine rings is 1. The average Bonchev–Trinajstić information content (AvgIpc) is 3.04. The standard InChI is InChI=1S/C17H22N4O2/c1-12-11-13(18)7-9-20(12)17(22)16-8-10-21(19-16)14-3-5-15(23-2)6-4-14/h3-6,8,10,12-13H,7,9,11,18H2,1-2H3/t12-,13-/m1/s1. The Labute approximate surface area is 135 Å². The molecule has 6 nitrogen and oxygen atoms in total. The number of carbonyl (C=O) groups excluding carboxylic acids is 1. The second kappa shape index (κ2) is 6.42. The minimum atomic E-state index is -0.0309. The van der Waals surface area contributed by atoms with Crippen LogP contribution >= 0.6 is 0 Å². The summed E-state index contributed by atoms with van der Waals surface area (Å²) in [7, 11) is 1.63. The van der Waals surface area contributed by atoms with Gasteiger partial charge in [0.1, 0.15) is 5.75 Å². The number of nitrogens with two attached hydrogens (primary N) is 1. The van der Waals surface area contributed by atoms with Crippen LogP contribution in [0.25, 0.3) is 5.69 Å². The number of carbonyl (C=O) groups is 1. The maximum atomic E-state index is 12.7. The molecule has 6 heteroatoms. The highest BCUT2D eigenvalue weighted by Crippen LogP contribution is 2.19. The highest BCUT2D eigenvalue weighted by molar-refractivity contribution is 5.92. The van der Waals surface area contributed by atoms with Crippen LogP contribution in [-0.4, -0.2) is 46.3 Å². The first-order valence-corrected chi connectivity index (χ1v) is 7.85. The molecular weight excluding hydrogens is 292 g/mol. The molecule has 0 radical (unpaired) electrons. The SMILES string of the molecule is COc1ccc(-n2ccc(C(=O)N3CC[C@@H](N)C[C@H]3C)n2)cc1. The Hall–Kier alpha value is -2.34. The number of amides is 1. The van der Waals surface area contributed by atoms with Crippen molar-refractivity contribution in [2.45, 2.75) is 31.8 Å². The number of hydrogen-bond acceptors (Lipinski definition) is 4. The zero-order valence-electron chi connectivity index (χ0n) is 13.5. The number of hydrogen-bond donors (Lipinski definition) is 1. The minimum absolute atomic E-state index is 0.0309. The summed E-state index contributed by atoms with van der Waals surface area (Å²) >= 11 is 0. The summed E-state index contributed by atoms with van der Waals surface area (Å²) in [5, 5.41) is 4.42. The van der Waals surface area contributed by atoms with Crippen molar-refractivity contribution in [2.75, 3.05) is 13.7 Å². The lowest BCUT2D eigenvalue weighted by Gasteiger charge is -2.35. The highest BCUT2D eigenvalue weighted by atomic mass is 16.5. The van der Waals surface area contributed by atoms with Crippen LogP contribution in [-0.2, 0) is 0 Å². The number of ether oxygens (including phenoxy) is 1. The second-order valence-electron chi connectivity index (χ2n) is 5.98. The van der Waals surface area contributed by atoms with E-state index in [-0.39, 0.29) is 18.0 Å². The van der Waals surface area contributed by atoms with E-state index in [2.05, 4.69) is 5.10 Å². The Morgan fingerprint density at radius 1 is 1.30 bits per heavy atom. The monoisotopic (exact) mass is 314 g/mol. The van der Waals surface area contributed by atoms with Gasteiger partial charge >= 0.3 is 0 Å². The third kappa shape index (κ3) is 3.22. The Morgan fingerprint density at radius 2 is 2.04 bits per heavy atom. The van der Waals surface area contributed by atoms with E-state index in [0.717, 1.165) is 24.3 Å². The quantitative estimate of drug-likeness (QED) is 0.938.